The molecule has 0 aliphatic heterocycles. The molecule has 2 aromatic heterocycles. The summed E-state index contributed by atoms with van der Waals surface area (Å²) in [5.74, 6) is 0.936. The molecule has 0 aliphatic rings. The molecule has 2 aromatic carbocycles. The minimum Gasteiger partial charge on any atom is -0.494 e. The van der Waals surface area contributed by atoms with Crippen molar-refractivity contribution >= 4 is 39.9 Å². The summed E-state index contributed by atoms with van der Waals surface area (Å²) >= 11 is 1.38. The topological polar surface area (TPSA) is 68.5 Å². The van der Waals surface area contributed by atoms with Crippen LogP contribution in [0.15, 0.2) is 53.7 Å². The van der Waals surface area contributed by atoms with Gasteiger partial charge in [0.05, 0.1) is 17.9 Å². The summed E-state index contributed by atoms with van der Waals surface area (Å²) in [6.45, 7) is 6.65. The van der Waals surface area contributed by atoms with Crippen molar-refractivity contribution in [1.82, 2.24) is 14.6 Å². The van der Waals surface area contributed by atoms with E-state index in [2.05, 4.69) is 46.7 Å². The average Bonchev–Trinajstić information content (AvgIpc) is 3.13. The normalized spacial score (nSPS) is 11.1. The first-order valence-corrected chi connectivity index (χ1v) is 10.4. The monoisotopic (exact) mass is 406 g/mol. The third-order valence-corrected chi connectivity index (χ3v) is 5.49. The van der Waals surface area contributed by atoms with E-state index < -0.39 is 0 Å². The number of carbonyl (C=O) groups excluding carboxylic acids is 1. The molecule has 4 aromatic rings. The second-order valence-electron chi connectivity index (χ2n) is 6.83. The van der Waals surface area contributed by atoms with Crippen LogP contribution in [0.25, 0.3) is 16.6 Å². The molecule has 6 nitrogen and oxygen atoms in total. The van der Waals surface area contributed by atoms with Gasteiger partial charge in [0.25, 0.3) is 0 Å². The highest BCUT2D eigenvalue weighted by Crippen LogP contribution is 2.26. The van der Waals surface area contributed by atoms with Crippen molar-refractivity contribution in [3.8, 4) is 5.75 Å². The maximum Gasteiger partial charge on any atom is 0.234 e. The largest absolute Gasteiger partial charge is 0.494 e. The number of benzene rings is 2. The van der Waals surface area contributed by atoms with E-state index >= 15 is 0 Å². The first-order valence-electron chi connectivity index (χ1n) is 9.46. The first-order chi connectivity index (χ1) is 14.0. The summed E-state index contributed by atoms with van der Waals surface area (Å²) in [5.41, 5.74) is 4.85. The summed E-state index contributed by atoms with van der Waals surface area (Å²) in [7, 11) is 0. The van der Waals surface area contributed by atoms with Gasteiger partial charge in [0.15, 0.2) is 10.8 Å². The van der Waals surface area contributed by atoms with E-state index in [-0.39, 0.29) is 11.7 Å². The van der Waals surface area contributed by atoms with Gasteiger partial charge in [0, 0.05) is 5.69 Å². The molecule has 2 heterocycles. The Morgan fingerprint density at radius 1 is 1.10 bits per heavy atom. The highest BCUT2D eigenvalue weighted by atomic mass is 32.2. The number of nitrogens with one attached hydrogen (secondary N) is 1. The van der Waals surface area contributed by atoms with Crippen molar-refractivity contribution in [3.63, 3.8) is 0 Å². The highest BCUT2D eigenvalue weighted by molar-refractivity contribution is 7.99. The quantitative estimate of drug-likeness (QED) is 0.473. The number of anilines is 1. The van der Waals surface area contributed by atoms with E-state index in [0.717, 1.165) is 33.6 Å². The molecule has 0 unspecified atom stereocenters. The summed E-state index contributed by atoms with van der Waals surface area (Å²) in [6, 6.07) is 15.8. The van der Waals surface area contributed by atoms with E-state index in [1.165, 1.54) is 17.3 Å². The van der Waals surface area contributed by atoms with Crippen LogP contribution in [0.1, 0.15) is 18.1 Å². The lowest BCUT2D eigenvalue weighted by atomic mass is 10.1. The van der Waals surface area contributed by atoms with Gasteiger partial charge < -0.3 is 10.1 Å². The average molecular weight is 407 g/mol. The number of ether oxygens (including phenoxy) is 1. The molecule has 0 bridgehead atoms. The Morgan fingerprint density at radius 2 is 1.90 bits per heavy atom. The molecule has 29 heavy (non-hydrogen) atoms. The van der Waals surface area contributed by atoms with Gasteiger partial charge in [0.1, 0.15) is 5.75 Å². The minimum absolute atomic E-state index is 0.0938. The van der Waals surface area contributed by atoms with Crippen LogP contribution < -0.4 is 10.1 Å². The van der Waals surface area contributed by atoms with Gasteiger partial charge in [-0.05, 0) is 74.2 Å². The van der Waals surface area contributed by atoms with E-state index in [1.54, 1.807) is 0 Å². The molecular weight excluding hydrogens is 384 g/mol. The predicted octanol–water partition coefficient (Wildman–Crippen LogP) is 4.63. The van der Waals surface area contributed by atoms with Gasteiger partial charge in [-0.2, -0.15) is 0 Å². The van der Waals surface area contributed by atoms with Crippen molar-refractivity contribution in [2.45, 2.75) is 25.9 Å². The Hall–Kier alpha value is -3.06. The third-order valence-electron chi connectivity index (χ3n) is 4.56. The van der Waals surface area contributed by atoms with Gasteiger partial charge >= 0.3 is 0 Å². The summed E-state index contributed by atoms with van der Waals surface area (Å²) in [5, 5.41) is 13.4. The molecular formula is C22H22N4O2S. The van der Waals surface area contributed by atoms with Gasteiger partial charge in [0.2, 0.25) is 5.91 Å². The van der Waals surface area contributed by atoms with Gasteiger partial charge in [-0.3, -0.25) is 9.20 Å². The van der Waals surface area contributed by atoms with Crippen LogP contribution in [-0.2, 0) is 4.79 Å². The predicted molar refractivity (Wildman–Crippen MR) is 117 cm³/mol. The smallest absolute Gasteiger partial charge is 0.234 e. The van der Waals surface area contributed by atoms with E-state index in [9.17, 15) is 4.79 Å². The lowest BCUT2D eigenvalue weighted by Crippen LogP contribution is -2.14. The van der Waals surface area contributed by atoms with Gasteiger partial charge in [-0.15, -0.1) is 10.2 Å². The summed E-state index contributed by atoms with van der Waals surface area (Å²) in [4.78, 5) is 12.4. The molecule has 0 fully saturated rings. The number of aryl methyl sites for hydroxylation is 2. The van der Waals surface area contributed by atoms with Crippen LogP contribution in [0.5, 0.6) is 5.75 Å². The lowest BCUT2D eigenvalue weighted by Gasteiger charge is -2.08. The number of nitrogens with zero attached hydrogens (tertiary/aromatic N) is 3. The number of thioether (sulfide) groups is 1. The first kappa shape index (κ1) is 19.3. The maximum absolute atomic E-state index is 12.4. The van der Waals surface area contributed by atoms with Gasteiger partial charge in [-0.1, -0.05) is 23.4 Å². The zero-order valence-electron chi connectivity index (χ0n) is 16.6. The molecule has 0 saturated carbocycles. The molecule has 1 amide bonds. The van der Waals surface area contributed by atoms with Gasteiger partial charge in [-0.25, -0.2) is 0 Å². The van der Waals surface area contributed by atoms with Crippen LogP contribution >= 0.6 is 11.8 Å². The van der Waals surface area contributed by atoms with Crippen LogP contribution in [0.3, 0.4) is 0 Å². The van der Waals surface area contributed by atoms with Crippen LogP contribution in [0.4, 0.5) is 5.69 Å². The van der Waals surface area contributed by atoms with E-state index in [4.69, 9.17) is 4.74 Å². The van der Waals surface area contributed by atoms with E-state index in [1.807, 2.05) is 42.5 Å². The molecule has 148 valence electrons. The Labute approximate surface area is 173 Å². The number of fused-ring (bicyclic) bond motifs is 3. The number of aromatic nitrogens is 3. The van der Waals surface area contributed by atoms with Crippen molar-refractivity contribution in [2.75, 3.05) is 17.7 Å². The van der Waals surface area contributed by atoms with Crippen molar-refractivity contribution < 1.29 is 9.53 Å². The highest BCUT2D eigenvalue weighted by Gasteiger charge is 2.14. The molecule has 1 N–H and O–H groups in total. The molecule has 0 spiro atoms. The van der Waals surface area contributed by atoms with Crippen LogP contribution in [0, 0.1) is 13.8 Å². The minimum atomic E-state index is -0.0938. The SMILES string of the molecule is CCOc1ccc(NC(=O)CSc2nnc3c(C)cc4cc(C)ccc4n23)cc1. The fourth-order valence-electron chi connectivity index (χ4n) is 3.26. The van der Waals surface area contributed by atoms with Crippen molar-refractivity contribution in [1.29, 1.82) is 0 Å². The lowest BCUT2D eigenvalue weighted by molar-refractivity contribution is -0.113. The van der Waals surface area contributed by atoms with Crippen molar-refractivity contribution in [3.05, 3.63) is 59.7 Å². The fourth-order valence-corrected chi connectivity index (χ4v) is 4.00. The van der Waals surface area contributed by atoms with Crippen molar-refractivity contribution in [2.24, 2.45) is 0 Å². The molecule has 0 aliphatic carbocycles. The Morgan fingerprint density at radius 3 is 2.66 bits per heavy atom. The summed E-state index contributed by atoms with van der Waals surface area (Å²) < 4.78 is 7.45. The molecule has 0 saturated heterocycles. The fraction of sp³-hybridized carbons (Fsp3) is 0.227. The second-order valence-corrected chi connectivity index (χ2v) is 7.77. The number of hydrogen-bond donors (Lipinski definition) is 1. The zero-order chi connectivity index (χ0) is 20.4. The van der Waals surface area contributed by atoms with Crippen LogP contribution in [0.2, 0.25) is 0 Å². The van der Waals surface area contributed by atoms with E-state index in [0.29, 0.717) is 11.8 Å². The number of rotatable bonds is 6. The number of hydrogen-bond acceptors (Lipinski definition) is 5. The standard InChI is InChI=1S/C22H22N4O2S/c1-4-28-18-8-6-17(7-9-18)23-20(27)13-29-22-25-24-21-15(3)12-16-11-14(2)5-10-19(16)26(21)22/h5-12H,4,13H2,1-3H3,(H,23,27). The molecule has 7 heteroatoms. The number of carbonyl (C=O) groups is 1. The Kier molecular flexibility index (Phi) is 5.40. The molecule has 0 atom stereocenters. The number of pyridine rings is 1. The zero-order valence-corrected chi connectivity index (χ0v) is 17.4. The Balaban J connectivity index is 1.52. The molecule has 4 rings (SSSR count). The summed E-state index contributed by atoms with van der Waals surface area (Å²) in [6.07, 6.45) is 0. The second kappa shape index (κ2) is 8.13. The third kappa shape index (κ3) is 4.05. The molecule has 0 radical (unpaired) electrons. The number of amides is 1. The Bertz CT molecular complexity index is 1190. The maximum atomic E-state index is 12.4. The van der Waals surface area contributed by atoms with Crippen LogP contribution in [-0.4, -0.2) is 32.9 Å².